The molecule has 0 atom stereocenters. The monoisotopic (exact) mass is 316 g/mol. The Labute approximate surface area is 93.5 Å². The molecular weight excluding hydrogens is 308 g/mol. The van der Waals surface area contributed by atoms with Crippen LogP contribution in [-0.4, -0.2) is 33.6 Å². The molecular formula is C7H10Br2O4. The molecule has 0 aliphatic rings. The second kappa shape index (κ2) is 6.53. The number of hydrogen-bond donors (Lipinski definition) is 0. The maximum absolute atomic E-state index is 11.0. The molecule has 0 aromatic carbocycles. The van der Waals surface area contributed by atoms with Gasteiger partial charge in [0.2, 0.25) is 0 Å². The van der Waals surface area contributed by atoms with Gasteiger partial charge in [0.25, 0.3) is 0 Å². The zero-order chi connectivity index (χ0) is 10.4. The number of halogens is 2. The smallest absolute Gasteiger partial charge is 0.345 e. The summed E-state index contributed by atoms with van der Waals surface area (Å²) in [5.74, 6) is -0.494. The van der Waals surface area contributed by atoms with E-state index in [-0.39, 0.29) is 4.48 Å². The minimum absolute atomic E-state index is 0.240. The summed E-state index contributed by atoms with van der Waals surface area (Å²) >= 11 is 6.20. The van der Waals surface area contributed by atoms with Crippen LogP contribution in [0.2, 0.25) is 0 Å². The van der Waals surface area contributed by atoms with Gasteiger partial charge in [-0.2, -0.15) is 0 Å². The van der Waals surface area contributed by atoms with Crippen molar-refractivity contribution in [2.75, 3.05) is 21.3 Å². The van der Waals surface area contributed by atoms with E-state index in [1.807, 2.05) is 0 Å². The molecule has 6 heteroatoms. The number of ether oxygens (including phenoxy) is 3. The zero-order valence-electron chi connectivity index (χ0n) is 7.47. The summed E-state index contributed by atoms with van der Waals surface area (Å²) in [6.45, 7) is 0. The number of methoxy groups -OCH3 is 3. The molecule has 76 valence electrons. The van der Waals surface area contributed by atoms with Gasteiger partial charge < -0.3 is 14.2 Å². The van der Waals surface area contributed by atoms with E-state index in [9.17, 15) is 4.79 Å². The molecule has 0 aromatic rings. The third-order valence-corrected chi connectivity index (χ3v) is 3.26. The lowest BCUT2D eigenvalue weighted by Crippen LogP contribution is -2.16. The summed E-state index contributed by atoms with van der Waals surface area (Å²) in [5, 5.41) is 0. The fraction of sp³-hybridized carbons (Fsp3) is 0.571. The summed E-state index contributed by atoms with van der Waals surface area (Å²) in [6, 6.07) is 0. The van der Waals surface area contributed by atoms with Gasteiger partial charge in [-0.3, -0.25) is 0 Å². The Morgan fingerprint density at radius 1 is 1.15 bits per heavy atom. The maximum Gasteiger partial charge on any atom is 0.345 e. The Hall–Kier alpha value is 0.0900. The van der Waals surface area contributed by atoms with Gasteiger partial charge in [0.15, 0.2) is 6.29 Å². The van der Waals surface area contributed by atoms with Gasteiger partial charge in [-0.1, -0.05) is 0 Å². The number of esters is 1. The Morgan fingerprint density at radius 3 is 1.92 bits per heavy atom. The molecule has 0 unspecified atom stereocenters. The van der Waals surface area contributed by atoms with E-state index in [4.69, 9.17) is 9.47 Å². The van der Waals surface area contributed by atoms with Crippen molar-refractivity contribution in [1.82, 2.24) is 0 Å². The Bertz CT molecular complexity index is 211. The van der Waals surface area contributed by atoms with E-state index in [0.717, 1.165) is 0 Å². The van der Waals surface area contributed by atoms with Crippen molar-refractivity contribution in [2.24, 2.45) is 0 Å². The second-order valence-corrected chi connectivity index (χ2v) is 3.60. The van der Waals surface area contributed by atoms with Gasteiger partial charge in [0.1, 0.15) is 4.48 Å². The normalized spacial score (nSPS) is 12.8. The molecule has 0 saturated heterocycles. The highest BCUT2D eigenvalue weighted by Gasteiger charge is 2.18. The van der Waals surface area contributed by atoms with Crippen LogP contribution in [0.5, 0.6) is 0 Å². The van der Waals surface area contributed by atoms with Gasteiger partial charge >= 0.3 is 5.97 Å². The summed E-state index contributed by atoms with van der Waals surface area (Å²) < 4.78 is 15.0. The van der Waals surface area contributed by atoms with Crippen molar-refractivity contribution < 1.29 is 19.0 Å². The molecule has 0 N–H and O–H groups in total. The van der Waals surface area contributed by atoms with Crippen molar-refractivity contribution in [3.63, 3.8) is 0 Å². The van der Waals surface area contributed by atoms with Crippen LogP contribution in [0.25, 0.3) is 0 Å². The molecule has 0 aromatic heterocycles. The van der Waals surface area contributed by atoms with Crippen molar-refractivity contribution in [3.8, 4) is 0 Å². The molecule has 0 saturated carbocycles. The van der Waals surface area contributed by atoms with Crippen molar-refractivity contribution in [1.29, 1.82) is 0 Å². The first-order valence-electron chi connectivity index (χ1n) is 3.27. The van der Waals surface area contributed by atoms with Crippen molar-refractivity contribution >= 4 is 37.8 Å². The van der Waals surface area contributed by atoms with Gasteiger partial charge in [0, 0.05) is 14.2 Å². The van der Waals surface area contributed by atoms with Crippen LogP contribution >= 0.6 is 31.9 Å². The highest BCUT2D eigenvalue weighted by atomic mass is 79.9. The molecule has 4 nitrogen and oxygen atoms in total. The van der Waals surface area contributed by atoms with Gasteiger partial charge in [-0.15, -0.1) is 0 Å². The molecule has 0 heterocycles. The SMILES string of the molecule is COC(=O)/C(Br)=C(\Br)C(OC)OC. The lowest BCUT2D eigenvalue weighted by Gasteiger charge is -2.13. The van der Waals surface area contributed by atoms with Crippen molar-refractivity contribution in [2.45, 2.75) is 6.29 Å². The largest absolute Gasteiger partial charge is 0.465 e. The number of carbonyl (C=O) groups is 1. The van der Waals surface area contributed by atoms with E-state index in [0.29, 0.717) is 4.48 Å². The predicted molar refractivity (Wildman–Crippen MR) is 54.7 cm³/mol. The van der Waals surface area contributed by atoms with Crippen LogP contribution in [0, 0.1) is 0 Å². The molecule has 13 heavy (non-hydrogen) atoms. The van der Waals surface area contributed by atoms with E-state index in [1.165, 1.54) is 21.3 Å². The minimum atomic E-state index is -0.617. The third kappa shape index (κ3) is 3.76. The average molecular weight is 318 g/mol. The van der Waals surface area contributed by atoms with Crippen LogP contribution in [-0.2, 0) is 19.0 Å². The molecule has 0 aliphatic carbocycles. The highest BCUT2D eigenvalue weighted by Crippen LogP contribution is 2.24. The quantitative estimate of drug-likeness (QED) is 0.450. The molecule has 0 spiro atoms. The van der Waals surface area contributed by atoms with Crippen LogP contribution < -0.4 is 0 Å². The fourth-order valence-electron chi connectivity index (χ4n) is 0.594. The highest BCUT2D eigenvalue weighted by molar-refractivity contribution is 9.14. The van der Waals surface area contributed by atoms with Crippen LogP contribution in [0.3, 0.4) is 0 Å². The van der Waals surface area contributed by atoms with E-state index in [2.05, 4.69) is 36.6 Å². The predicted octanol–water partition coefficient (Wildman–Crippen LogP) is 1.78. The number of hydrogen-bond acceptors (Lipinski definition) is 4. The van der Waals surface area contributed by atoms with Crippen LogP contribution in [0.1, 0.15) is 0 Å². The topological polar surface area (TPSA) is 44.8 Å². The molecule has 0 rings (SSSR count). The molecule has 0 radical (unpaired) electrons. The van der Waals surface area contributed by atoms with E-state index < -0.39 is 12.3 Å². The maximum atomic E-state index is 11.0. The lowest BCUT2D eigenvalue weighted by atomic mass is 10.5. The van der Waals surface area contributed by atoms with Crippen LogP contribution in [0.15, 0.2) is 8.96 Å². The fourth-order valence-corrected chi connectivity index (χ4v) is 1.48. The summed E-state index contributed by atoms with van der Waals surface area (Å²) in [4.78, 5) is 11.0. The zero-order valence-corrected chi connectivity index (χ0v) is 10.6. The average Bonchev–Trinajstić information content (AvgIpc) is 2.17. The third-order valence-electron chi connectivity index (χ3n) is 1.21. The van der Waals surface area contributed by atoms with Crippen LogP contribution in [0.4, 0.5) is 0 Å². The lowest BCUT2D eigenvalue weighted by molar-refractivity contribution is -0.135. The molecule has 0 fully saturated rings. The summed E-state index contributed by atoms with van der Waals surface area (Å²) in [6.07, 6.45) is -0.617. The van der Waals surface area contributed by atoms with Gasteiger partial charge in [-0.25, -0.2) is 4.79 Å². The standard InChI is InChI=1S/C7H10Br2O4/c1-11-6(10)4(8)5(9)7(12-2)13-3/h7H,1-3H3/b5-4+. The first-order chi connectivity index (χ1) is 6.08. The van der Waals surface area contributed by atoms with E-state index >= 15 is 0 Å². The number of carbonyl (C=O) groups excluding carboxylic acids is 1. The molecule has 0 bridgehead atoms. The molecule has 0 amide bonds. The minimum Gasteiger partial charge on any atom is -0.465 e. The summed E-state index contributed by atoms with van der Waals surface area (Å²) in [7, 11) is 4.22. The Balaban J connectivity index is 4.67. The van der Waals surface area contributed by atoms with Gasteiger partial charge in [-0.05, 0) is 31.9 Å². The Kier molecular flexibility index (Phi) is 6.58. The first-order valence-corrected chi connectivity index (χ1v) is 4.86. The first kappa shape index (κ1) is 13.1. The second-order valence-electron chi connectivity index (χ2n) is 1.96. The van der Waals surface area contributed by atoms with Crippen molar-refractivity contribution in [3.05, 3.63) is 8.96 Å². The number of rotatable bonds is 4. The van der Waals surface area contributed by atoms with E-state index in [1.54, 1.807) is 0 Å². The van der Waals surface area contributed by atoms with Gasteiger partial charge in [0.05, 0.1) is 11.6 Å². The Morgan fingerprint density at radius 2 is 1.62 bits per heavy atom. The summed E-state index contributed by atoms with van der Waals surface area (Å²) in [5.41, 5.74) is 0. The molecule has 0 aliphatic heterocycles.